The predicted octanol–water partition coefficient (Wildman–Crippen LogP) is 3.49. The summed E-state index contributed by atoms with van der Waals surface area (Å²) in [5, 5.41) is 10.9. The van der Waals surface area contributed by atoms with Gasteiger partial charge in [-0.15, -0.1) is 0 Å². The molecule has 0 amide bonds. The van der Waals surface area contributed by atoms with Gasteiger partial charge in [0.05, 0.1) is 15.6 Å². The van der Waals surface area contributed by atoms with Gasteiger partial charge in [0, 0.05) is 17.1 Å². The van der Waals surface area contributed by atoms with Gasteiger partial charge in [0.25, 0.3) is 0 Å². The lowest BCUT2D eigenvalue weighted by molar-refractivity contribution is 0.476. The second kappa shape index (κ2) is 2.82. The van der Waals surface area contributed by atoms with Crippen LogP contribution in [-0.2, 0) is 0 Å². The lowest BCUT2D eigenvalue weighted by Crippen LogP contribution is -1.74. The van der Waals surface area contributed by atoms with Crippen LogP contribution in [0.4, 0.5) is 0 Å². The van der Waals surface area contributed by atoms with Crippen LogP contribution >= 0.6 is 23.2 Å². The average Bonchev–Trinajstić information content (AvgIpc) is 2.44. The van der Waals surface area contributed by atoms with E-state index in [2.05, 4.69) is 4.98 Å². The maximum absolute atomic E-state index is 9.38. The first-order chi connectivity index (χ1) is 6.09. The van der Waals surface area contributed by atoms with E-state index >= 15 is 0 Å². The molecule has 2 rings (SSSR count). The molecule has 0 radical (unpaired) electrons. The van der Waals surface area contributed by atoms with Crippen molar-refractivity contribution in [1.82, 2.24) is 4.98 Å². The standard InChI is InChI=1S/C9H7Cl2NO/c1-4-2-5-8(11)7(13)3-6(10)9(5)12-4/h2-3,12-13H,1H3. The smallest absolute Gasteiger partial charge is 0.136 e. The van der Waals surface area contributed by atoms with Gasteiger partial charge in [0.2, 0.25) is 0 Å². The molecular weight excluding hydrogens is 209 g/mol. The molecule has 0 unspecified atom stereocenters. The zero-order valence-electron chi connectivity index (χ0n) is 6.86. The van der Waals surface area contributed by atoms with Gasteiger partial charge in [0.15, 0.2) is 0 Å². The second-order valence-electron chi connectivity index (χ2n) is 2.93. The van der Waals surface area contributed by atoms with E-state index in [4.69, 9.17) is 23.2 Å². The van der Waals surface area contributed by atoms with Gasteiger partial charge in [-0.25, -0.2) is 0 Å². The van der Waals surface area contributed by atoms with Gasteiger partial charge in [-0.05, 0) is 13.0 Å². The molecule has 1 aromatic heterocycles. The van der Waals surface area contributed by atoms with E-state index < -0.39 is 0 Å². The number of phenols is 1. The van der Waals surface area contributed by atoms with Gasteiger partial charge < -0.3 is 10.1 Å². The van der Waals surface area contributed by atoms with Gasteiger partial charge in [-0.2, -0.15) is 0 Å². The van der Waals surface area contributed by atoms with Crippen LogP contribution in [0.25, 0.3) is 10.9 Å². The normalized spacial score (nSPS) is 11.0. The molecule has 4 heteroatoms. The molecule has 0 aliphatic heterocycles. The van der Waals surface area contributed by atoms with Crippen molar-refractivity contribution >= 4 is 34.1 Å². The molecule has 0 spiro atoms. The number of hydrogen-bond acceptors (Lipinski definition) is 1. The lowest BCUT2D eigenvalue weighted by atomic mass is 10.2. The van der Waals surface area contributed by atoms with E-state index in [1.165, 1.54) is 6.07 Å². The van der Waals surface area contributed by atoms with Gasteiger partial charge in [0.1, 0.15) is 5.75 Å². The Morgan fingerprint density at radius 1 is 1.31 bits per heavy atom. The molecule has 0 saturated carbocycles. The number of halogens is 2. The molecule has 0 aliphatic rings. The summed E-state index contributed by atoms with van der Waals surface area (Å²) >= 11 is 11.8. The molecule has 1 aromatic carbocycles. The Bertz CT molecular complexity index is 476. The van der Waals surface area contributed by atoms with Crippen molar-refractivity contribution in [2.24, 2.45) is 0 Å². The molecule has 0 saturated heterocycles. The number of aromatic amines is 1. The second-order valence-corrected chi connectivity index (χ2v) is 3.72. The third-order valence-electron chi connectivity index (χ3n) is 1.92. The van der Waals surface area contributed by atoms with Crippen molar-refractivity contribution in [3.63, 3.8) is 0 Å². The van der Waals surface area contributed by atoms with Gasteiger partial charge in [-0.3, -0.25) is 0 Å². The van der Waals surface area contributed by atoms with Crippen molar-refractivity contribution < 1.29 is 5.11 Å². The summed E-state index contributed by atoms with van der Waals surface area (Å²) < 4.78 is 0. The van der Waals surface area contributed by atoms with E-state index in [1.54, 1.807) is 0 Å². The highest BCUT2D eigenvalue weighted by Crippen LogP contribution is 2.36. The summed E-state index contributed by atoms with van der Waals surface area (Å²) in [6.07, 6.45) is 0. The fourth-order valence-electron chi connectivity index (χ4n) is 1.34. The summed E-state index contributed by atoms with van der Waals surface area (Å²) in [4.78, 5) is 3.07. The predicted molar refractivity (Wildman–Crippen MR) is 54.7 cm³/mol. The largest absolute Gasteiger partial charge is 0.506 e. The number of aryl methyl sites for hydroxylation is 1. The Morgan fingerprint density at radius 3 is 2.69 bits per heavy atom. The maximum Gasteiger partial charge on any atom is 0.136 e. The first-order valence-corrected chi connectivity index (χ1v) is 4.51. The fourth-order valence-corrected chi connectivity index (χ4v) is 1.80. The lowest BCUT2D eigenvalue weighted by Gasteiger charge is -1.99. The molecule has 0 atom stereocenters. The number of nitrogens with one attached hydrogen (secondary N) is 1. The quantitative estimate of drug-likeness (QED) is 0.694. The summed E-state index contributed by atoms with van der Waals surface area (Å²) in [5.41, 5.74) is 1.73. The number of rotatable bonds is 0. The number of aromatic nitrogens is 1. The van der Waals surface area contributed by atoms with Crippen LogP contribution in [0, 0.1) is 6.92 Å². The van der Waals surface area contributed by atoms with Crippen LogP contribution < -0.4 is 0 Å². The summed E-state index contributed by atoms with van der Waals surface area (Å²) in [6.45, 7) is 1.91. The Labute approximate surface area is 85.1 Å². The number of fused-ring (bicyclic) bond motifs is 1. The zero-order valence-corrected chi connectivity index (χ0v) is 8.37. The van der Waals surface area contributed by atoms with Gasteiger partial charge in [-0.1, -0.05) is 23.2 Å². The maximum atomic E-state index is 9.38. The van der Waals surface area contributed by atoms with Crippen molar-refractivity contribution in [2.45, 2.75) is 6.92 Å². The SMILES string of the molecule is Cc1cc2c(Cl)c(O)cc(Cl)c2[nH]1. The van der Waals surface area contributed by atoms with Crippen LogP contribution in [0.2, 0.25) is 10.0 Å². The monoisotopic (exact) mass is 215 g/mol. The van der Waals surface area contributed by atoms with E-state index in [1.807, 2.05) is 13.0 Å². The van der Waals surface area contributed by atoms with Crippen LogP contribution in [-0.4, -0.2) is 10.1 Å². The van der Waals surface area contributed by atoms with Crippen LogP contribution in [0.5, 0.6) is 5.75 Å². The average molecular weight is 216 g/mol. The topological polar surface area (TPSA) is 36.0 Å². The third-order valence-corrected chi connectivity index (χ3v) is 2.61. The Hall–Kier alpha value is -0.860. The van der Waals surface area contributed by atoms with Crippen molar-refractivity contribution in [3.8, 4) is 5.75 Å². The molecule has 0 aliphatic carbocycles. The van der Waals surface area contributed by atoms with E-state index in [-0.39, 0.29) is 5.75 Å². The van der Waals surface area contributed by atoms with Crippen molar-refractivity contribution in [1.29, 1.82) is 0 Å². The number of hydrogen-bond donors (Lipinski definition) is 2. The highest BCUT2D eigenvalue weighted by molar-refractivity contribution is 6.41. The first-order valence-electron chi connectivity index (χ1n) is 3.76. The zero-order chi connectivity index (χ0) is 9.59. The molecular formula is C9H7Cl2NO. The Balaban J connectivity index is 2.95. The minimum atomic E-state index is 0.0122. The minimum absolute atomic E-state index is 0.0122. The van der Waals surface area contributed by atoms with E-state index in [0.717, 1.165) is 16.6 Å². The molecule has 13 heavy (non-hydrogen) atoms. The minimum Gasteiger partial charge on any atom is -0.506 e. The Kier molecular flexibility index (Phi) is 1.90. The summed E-state index contributed by atoms with van der Waals surface area (Å²) in [5.74, 6) is 0.0122. The number of phenolic OH excluding ortho intramolecular Hbond substituents is 1. The molecule has 2 aromatic rings. The van der Waals surface area contributed by atoms with E-state index in [9.17, 15) is 5.11 Å². The van der Waals surface area contributed by atoms with E-state index in [0.29, 0.717) is 10.0 Å². The van der Waals surface area contributed by atoms with Crippen LogP contribution in [0.1, 0.15) is 5.69 Å². The highest BCUT2D eigenvalue weighted by Gasteiger charge is 2.10. The number of aromatic hydroxyl groups is 1. The molecule has 68 valence electrons. The molecule has 0 bridgehead atoms. The molecule has 2 nitrogen and oxygen atoms in total. The number of benzene rings is 1. The first kappa shape index (κ1) is 8.73. The molecule has 0 fully saturated rings. The van der Waals surface area contributed by atoms with Crippen LogP contribution in [0.3, 0.4) is 0 Å². The van der Waals surface area contributed by atoms with Crippen molar-refractivity contribution in [2.75, 3.05) is 0 Å². The van der Waals surface area contributed by atoms with Gasteiger partial charge >= 0.3 is 0 Å². The Morgan fingerprint density at radius 2 is 2.00 bits per heavy atom. The molecule has 1 heterocycles. The third kappa shape index (κ3) is 1.26. The summed E-state index contributed by atoms with van der Waals surface area (Å²) in [7, 11) is 0. The van der Waals surface area contributed by atoms with Crippen LogP contribution in [0.15, 0.2) is 12.1 Å². The summed E-state index contributed by atoms with van der Waals surface area (Å²) in [6, 6.07) is 3.28. The fraction of sp³-hybridized carbons (Fsp3) is 0.111. The highest BCUT2D eigenvalue weighted by atomic mass is 35.5. The molecule has 2 N–H and O–H groups in total. The van der Waals surface area contributed by atoms with Crippen molar-refractivity contribution in [3.05, 3.63) is 27.9 Å². The number of H-pyrrole nitrogens is 1.